The Morgan fingerprint density at radius 3 is 3.06 bits per heavy atom. The lowest BCUT2D eigenvalue weighted by Crippen LogP contribution is -2.48. The molecule has 2 rings (SSSR count). The van der Waals surface area contributed by atoms with Gasteiger partial charge in [-0.2, -0.15) is 5.10 Å². The number of piperidine rings is 1. The summed E-state index contributed by atoms with van der Waals surface area (Å²) in [7, 11) is -3.46. The van der Waals surface area contributed by atoms with Gasteiger partial charge in [0, 0.05) is 12.6 Å². The number of nitrogens with one attached hydrogen (secondary N) is 3. The standard InChI is InChI=1S/C11H20N4O2S/c1-2-9-4-3-6-12-10(9)8-14-18(16,17)11-5-7-13-15-11/h5,7,9-10,12,14H,2-4,6,8H2,1H3,(H,13,15). The predicted molar refractivity (Wildman–Crippen MR) is 68.6 cm³/mol. The van der Waals surface area contributed by atoms with Gasteiger partial charge >= 0.3 is 0 Å². The van der Waals surface area contributed by atoms with Crippen LogP contribution in [0.2, 0.25) is 0 Å². The second-order valence-corrected chi connectivity index (χ2v) is 6.38. The Labute approximate surface area is 108 Å². The van der Waals surface area contributed by atoms with E-state index in [4.69, 9.17) is 0 Å². The summed E-state index contributed by atoms with van der Waals surface area (Å²) in [5.41, 5.74) is 0. The Kier molecular flexibility index (Phi) is 4.36. The zero-order valence-corrected chi connectivity index (χ0v) is 11.3. The van der Waals surface area contributed by atoms with Gasteiger partial charge in [-0.05, 0) is 31.4 Å². The van der Waals surface area contributed by atoms with Crippen molar-refractivity contribution in [3.8, 4) is 0 Å². The van der Waals surface area contributed by atoms with Gasteiger partial charge in [0.05, 0.1) is 6.20 Å². The van der Waals surface area contributed by atoms with Crippen molar-refractivity contribution >= 4 is 10.0 Å². The van der Waals surface area contributed by atoms with E-state index in [2.05, 4.69) is 27.2 Å². The Balaban J connectivity index is 1.94. The molecule has 1 aliphatic heterocycles. The molecule has 6 nitrogen and oxygen atoms in total. The molecule has 3 N–H and O–H groups in total. The van der Waals surface area contributed by atoms with Gasteiger partial charge in [0.1, 0.15) is 0 Å². The van der Waals surface area contributed by atoms with Crippen LogP contribution in [0.15, 0.2) is 17.3 Å². The van der Waals surface area contributed by atoms with E-state index in [9.17, 15) is 8.42 Å². The molecule has 0 amide bonds. The topological polar surface area (TPSA) is 86.9 Å². The maximum atomic E-state index is 11.9. The van der Waals surface area contributed by atoms with Crippen molar-refractivity contribution in [1.82, 2.24) is 20.2 Å². The Morgan fingerprint density at radius 1 is 1.56 bits per heavy atom. The van der Waals surface area contributed by atoms with E-state index in [1.54, 1.807) is 0 Å². The van der Waals surface area contributed by atoms with Crippen molar-refractivity contribution in [2.45, 2.75) is 37.3 Å². The molecule has 2 unspecified atom stereocenters. The van der Waals surface area contributed by atoms with Crippen LogP contribution < -0.4 is 10.0 Å². The largest absolute Gasteiger partial charge is 0.312 e. The highest BCUT2D eigenvalue weighted by atomic mass is 32.2. The zero-order chi connectivity index (χ0) is 13.0. The van der Waals surface area contributed by atoms with Crippen LogP contribution in [0.5, 0.6) is 0 Å². The summed E-state index contributed by atoms with van der Waals surface area (Å²) in [6, 6.07) is 1.68. The summed E-state index contributed by atoms with van der Waals surface area (Å²) in [5, 5.41) is 9.63. The second-order valence-electron chi connectivity index (χ2n) is 4.64. The fraction of sp³-hybridized carbons (Fsp3) is 0.727. The number of sulfonamides is 1. The van der Waals surface area contributed by atoms with E-state index in [1.165, 1.54) is 25.1 Å². The van der Waals surface area contributed by atoms with Crippen molar-refractivity contribution < 1.29 is 8.42 Å². The van der Waals surface area contributed by atoms with Crippen LogP contribution in [0.25, 0.3) is 0 Å². The first kappa shape index (κ1) is 13.5. The van der Waals surface area contributed by atoms with Crippen molar-refractivity contribution in [3.05, 3.63) is 12.3 Å². The second kappa shape index (κ2) is 5.81. The van der Waals surface area contributed by atoms with Gasteiger partial charge in [-0.3, -0.25) is 5.10 Å². The molecule has 102 valence electrons. The van der Waals surface area contributed by atoms with Crippen molar-refractivity contribution in [2.75, 3.05) is 13.1 Å². The fourth-order valence-electron chi connectivity index (χ4n) is 2.42. The third-order valence-electron chi connectivity index (χ3n) is 3.51. The molecule has 1 aliphatic rings. The summed E-state index contributed by atoms with van der Waals surface area (Å²) in [4.78, 5) is 0. The maximum absolute atomic E-state index is 11.9. The van der Waals surface area contributed by atoms with E-state index in [-0.39, 0.29) is 11.1 Å². The van der Waals surface area contributed by atoms with Crippen LogP contribution in [-0.2, 0) is 10.0 Å². The number of H-pyrrole nitrogens is 1. The zero-order valence-electron chi connectivity index (χ0n) is 10.5. The number of aromatic amines is 1. The Morgan fingerprint density at radius 2 is 2.39 bits per heavy atom. The lowest BCUT2D eigenvalue weighted by atomic mass is 9.89. The van der Waals surface area contributed by atoms with Gasteiger partial charge in [0.25, 0.3) is 10.0 Å². The molecular weight excluding hydrogens is 252 g/mol. The summed E-state index contributed by atoms with van der Waals surface area (Å²) in [6.07, 6.45) is 4.84. The number of hydrogen-bond acceptors (Lipinski definition) is 4. The van der Waals surface area contributed by atoms with Gasteiger partial charge in [-0.25, -0.2) is 13.1 Å². The average molecular weight is 272 g/mol. The summed E-state index contributed by atoms with van der Waals surface area (Å²) < 4.78 is 26.5. The van der Waals surface area contributed by atoms with Crippen LogP contribution in [-0.4, -0.2) is 37.7 Å². The molecule has 1 aromatic heterocycles. The van der Waals surface area contributed by atoms with Crippen LogP contribution in [0.3, 0.4) is 0 Å². The summed E-state index contributed by atoms with van der Waals surface area (Å²) in [5.74, 6) is 0.545. The Bertz CT molecular complexity index is 457. The van der Waals surface area contributed by atoms with Crippen molar-refractivity contribution in [3.63, 3.8) is 0 Å². The fourth-order valence-corrected chi connectivity index (χ4v) is 3.38. The molecule has 2 atom stereocenters. The first-order valence-electron chi connectivity index (χ1n) is 6.36. The maximum Gasteiger partial charge on any atom is 0.257 e. The average Bonchev–Trinajstić information content (AvgIpc) is 2.91. The molecule has 0 radical (unpaired) electrons. The quantitative estimate of drug-likeness (QED) is 0.727. The van der Waals surface area contributed by atoms with Gasteiger partial charge < -0.3 is 5.32 Å². The molecule has 1 saturated heterocycles. The van der Waals surface area contributed by atoms with Crippen molar-refractivity contribution in [2.24, 2.45) is 5.92 Å². The van der Waals surface area contributed by atoms with E-state index in [0.717, 1.165) is 13.0 Å². The first-order chi connectivity index (χ1) is 8.63. The molecule has 18 heavy (non-hydrogen) atoms. The molecule has 2 heterocycles. The Hall–Kier alpha value is -0.920. The van der Waals surface area contributed by atoms with Gasteiger partial charge in [0.2, 0.25) is 0 Å². The third kappa shape index (κ3) is 3.09. The molecular formula is C11H20N4O2S. The van der Waals surface area contributed by atoms with Gasteiger partial charge in [-0.1, -0.05) is 13.3 Å². The van der Waals surface area contributed by atoms with Crippen molar-refractivity contribution in [1.29, 1.82) is 0 Å². The molecule has 0 spiro atoms. The lowest BCUT2D eigenvalue weighted by Gasteiger charge is -2.32. The van der Waals surface area contributed by atoms with Crippen LogP contribution in [0.4, 0.5) is 0 Å². The summed E-state index contributed by atoms with van der Waals surface area (Å²) in [6.45, 7) is 3.54. The third-order valence-corrected chi connectivity index (χ3v) is 4.86. The number of aromatic nitrogens is 2. The lowest BCUT2D eigenvalue weighted by molar-refractivity contribution is 0.273. The van der Waals surface area contributed by atoms with E-state index in [0.29, 0.717) is 12.5 Å². The molecule has 1 aromatic rings. The normalized spacial score (nSPS) is 25.2. The SMILES string of the molecule is CCC1CCCNC1CNS(=O)(=O)c1ccn[nH]1. The summed E-state index contributed by atoms with van der Waals surface area (Å²) >= 11 is 0. The van der Waals surface area contributed by atoms with Gasteiger partial charge in [0.15, 0.2) is 5.03 Å². The minimum absolute atomic E-state index is 0.117. The number of hydrogen-bond donors (Lipinski definition) is 3. The van der Waals surface area contributed by atoms with Gasteiger partial charge in [-0.15, -0.1) is 0 Å². The van der Waals surface area contributed by atoms with Crippen LogP contribution in [0.1, 0.15) is 26.2 Å². The minimum atomic E-state index is -3.46. The van der Waals surface area contributed by atoms with E-state index in [1.807, 2.05) is 0 Å². The highest BCUT2D eigenvalue weighted by Gasteiger charge is 2.25. The van der Waals surface area contributed by atoms with Crippen LogP contribution in [0, 0.1) is 5.92 Å². The molecule has 0 bridgehead atoms. The predicted octanol–water partition coefficient (Wildman–Crippen LogP) is 0.466. The van der Waals surface area contributed by atoms with Crippen LogP contribution >= 0.6 is 0 Å². The first-order valence-corrected chi connectivity index (χ1v) is 7.84. The highest BCUT2D eigenvalue weighted by Crippen LogP contribution is 2.19. The van der Waals surface area contributed by atoms with E-state index < -0.39 is 10.0 Å². The molecule has 7 heteroatoms. The number of rotatable bonds is 5. The monoisotopic (exact) mass is 272 g/mol. The molecule has 0 aromatic carbocycles. The van der Waals surface area contributed by atoms with E-state index >= 15 is 0 Å². The molecule has 0 saturated carbocycles. The highest BCUT2D eigenvalue weighted by molar-refractivity contribution is 7.89. The smallest absolute Gasteiger partial charge is 0.257 e. The number of nitrogens with zero attached hydrogens (tertiary/aromatic N) is 1. The molecule has 1 fully saturated rings. The molecule has 0 aliphatic carbocycles. The minimum Gasteiger partial charge on any atom is -0.312 e.